The van der Waals surface area contributed by atoms with Crippen molar-refractivity contribution in [3.8, 4) is 0 Å². The van der Waals surface area contributed by atoms with E-state index in [0.717, 1.165) is 0 Å². The van der Waals surface area contributed by atoms with Crippen LogP contribution in [0, 0.1) is 5.82 Å². The molecule has 0 spiro atoms. The molecule has 28 heavy (non-hydrogen) atoms. The van der Waals surface area contributed by atoms with Gasteiger partial charge in [-0.1, -0.05) is 24.3 Å². The first kappa shape index (κ1) is 19.0. The van der Waals surface area contributed by atoms with Crippen LogP contribution in [0.3, 0.4) is 0 Å². The molecular weight excluding hydrogens is 361 g/mol. The number of benzene rings is 2. The van der Waals surface area contributed by atoms with Gasteiger partial charge in [-0.25, -0.2) is 14.2 Å². The van der Waals surface area contributed by atoms with Crippen LogP contribution in [0.25, 0.3) is 0 Å². The van der Waals surface area contributed by atoms with Crippen LogP contribution >= 0.6 is 0 Å². The molecule has 0 aliphatic rings. The number of nitrogens with one attached hydrogen (secondary N) is 2. The zero-order chi connectivity index (χ0) is 19.9. The van der Waals surface area contributed by atoms with Crippen molar-refractivity contribution in [2.45, 2.75) is 6.42 Å². The second-order valence-electron chi connectivity index (χ2n) is 5.95. The number of halogens is 1. The van der Waals surface area contributed by atoms with E-state index in [-0.39, 0.29) is 18.1 Å². The van der Waals surface area contributed by atoms with Crippen molar-refractivity contribution in [2.24, 2.45) is 0 Å². The summed E-state index contributed by atoms with van der Waals surface area (Å²) in [4.78, 5) is 28.1. The summed E-state index contributed by atoms with van der Waals surface area (Å²) in [7, 11) is 1.32. The van der Waals surface area contributed by atoms with E-state index in [2.05, 4.69) is 15.6 Å². The lowest BCUT2D eigenvalue weighted by Gasteiger charge is -2.11. The number of esters is 1. The zero-order valence-electron chi connectivity index (χ0n) is 15.1. The SMILES string of the molecule is COC(=O)c1ccccc1Nc1ccc(NC(=O)Cc2ccc(F)cc2)nc1. The number of methoxy groups -OCH3 is 1. The summed E-state index contributed by atoms with van der Waals surface area (Å²) < 4.78 is 17.7. The third kappa shape index (κ3) is 4.91. The Morgan fingerprint density at radius 2 is 1.79 bits per heavy atom. The second kappa shape index (κ2) is 8.77. The van der Waals surface area contributed by atoms with E-state index in [1.807, 2.05) is 0 Å². The standard InChI is InChI=1S/C21H18FN3O3/c1-28-21(27)17-4-2-3-5-18(17)24-16-10-11-19(23-13-16)25-20(26)12-14-6-8-15(22)9-7-14/h2-11,13,24H,12H2,1H3,(H,23,25,26). The number of nitrogens with zero attached hydrogens (tertiary/aromatic N) is 1. The highest BCUT2D eigenvalue weighted by Crippen LogP contribution is 2.21. The Hall–Kier alpha value is -3.74. The van der Waals surface area contributed by atoms with Gasteiger partial charge in [0.1, 0.15) is 11.6 Å². The van der Waals surface area contributed by atoms with Crippen molar-refractivity contribution in [1.29, 1.82) is 0 Å². The van der Waals surface area contributed by atoms with E-state index in [4.69, 9.17) is 4.74 Å². The van der Waals surface area contributed by atoms with E-state index in [0.29, 0.717) is 28.3 Å². The largest absolute Gasteiger partial charge is 0.465 e. The topological polar surface area (TPSA) is 80.3 Å². The van der Waals surface area contributed by atoms with Gasteiger partial charge >= 0.3 is 5.97 Å². The van der Waals surface area contributed by atoms with Crippen LogP contribution in [0.2, 0.25) is 0 Å². The summed E-state index contributed by atoms with van der Waals surface area (Å²) in [5.74, 6) is -0.654. The molecule has 3 aromatic rings. The Balaban J connectivity index is 1.63. The van der Waals surface area contributed by atoms with Crippen LogP contribution in [-0.4, -0.2) is 24.0 Å². The van der Waals surface area contributed by atoms with Gasteiger partial charge < -0.3 is 15.4 Å². The second-order valence-corrected chi connectivity index (χ2v) is 5.95. The molecule has 7 heteroatoms. The monoisotopic (exact) mass is 379 g/mol. The Morgan fingerprint density at radius 3 is 2.46 bits per heavy atom. The minimum Gasteiger partial charge on any atom is -0.465 e. The minimum atomic E-state index is -0.444. The summed E-state index contributed by atoms with van der Waals surface area (Å²) >= 11 is 0. The first-order valence-electron chi connectivity index (χ1n) is 8.50. The number of ether oxygens (including phenoxy) is 1. The van der Waals surface area contributed by atoms with Crippen LogP contribution in [-0.2, 0) is 16.0 Å². The van der Waals surface area contributed by atoms with Gasteiger partial charge in [-0.05, 0) is 42.0 Å². The third-order valence-electron chi connectivity index (χ3n) is 3.92. The summed E-state index contributed by atoms with van der Waals surface area (Å²) in [6.07, 6.45) is 1.66. The lowest BCUT2D eigenvalue weighted by Crippen LogP contribution is -2.15. The molecule has 0 saturated carbocycles. The van der Waals surface area contributed by atoms with Crippen molar-refractivity contribution in [1.82, 2.24) is 4.98 Å². The first-order valence-corrected chi connectivity index (χ1v) is 8.50. The minimum absolute atomic E-state index is 0.120. The van der Waals surface area contributed by atoms with E-state index in [9.17, 15) is 14.0 Å². The van der Waals surface area contributed by atoms with Crippen molar-refractivity contribution >= 4 is 29.1 Å². The number of amides is 1. The van der Waals surface area contributed by atoms with Gasteiger partial charge in [0.2, 0.25) is 5.91 Å². The highest BCUT2D eigenvalue weighted by Gasteiger charge is 2.11. The molecule has 2 aromatic carbocycles. The molecule has 1 amide bonds. The molecule has 0 aliphatic carbocycles. The summed E-state index contributed by atoms with van der Waals surface area (Å²) in [5.41, 5.74) is 2.34. The lowest BCUT2D eigenvalue weighted by molar-refractivity contribution is -0.115. The Kier molecular flexibility index (Phi) is 5.96. The van der Waals surface area contributed by atoms with Gasteiger partial charge in [0.25, 0.3) is 0 Å². The molecule has 2 N–H and O–H groups in total. The van der Waals surface area contributed by atoms with Crippen LogP contribution in [0.1, 0.15) is 15.9 Å². The maximum Gasteiger partial charge on any atom is 0.339 e. The highest BCUT2D eigenvalue weighted by molar-refractivity contribution is 5.96. The number of hydrogen-bond acceptors (Lipinski definition) is 5. The molecule has 0 saturated heterocycles. The van der Waals surface area contributed by atoms with Crippen molar-refractivity contribution in [3.63, 3.8) is 0 Å². The number of carbonyl (C=O) groups excluding carboxylic acids is 2. The molecule has 0 fully saturated rings. The van der Waals surface area contributed by atoms with Gasteiger partial charge in [-0.3, -0.25) is 4.79 Å². The maximum absolute atomic E-state index is 12.9. The van der Waals surface area contributed by atoms with Crippen LogP contribution in [0.4, 0.5) is 21.6 Å². The molecule has 1 heterocycles. The van der Waals surface area contributed by atoms with Gasteiger partial charge in [0.15, 0.2) is 0 Å². The predicted molar refractivity (Wildman–Crippen MR) is 104 cm³/mol. The van der Waals surface area contributed by atoms with Crippen LogP contribution in [0.15, 0.2) is 66.9 Å². The van der Waals surface area contributed by atoms with Crippen molar-refractivity contribution < 1.29 is 18.7 Å². The lowest BCUT2D eigenvalue weighted by atomic mass is 10.1. The highest BCUT2D eigenvalue weighted by atomic mass is 19.1. The summed E-state index contributed by atoms with van der Waals surface area (Å²) in [6.45, 7) is 0. The summed E-state index contributed by atoms with van der Waals surface area (Å²) in [6, 6.07) is 16.1. The molecule has 0 radical (unpaired) electrons. The number of para-hydroxylation sites is 1. The number of hydrogen-bond donors (Lipinski definition) is 2. The number of anilines is 3. The molecule has 0 unspecified atom stereocenters. The van der Waals surface area contributed by atoms with Gasteiger partial charge in [-0.15, -0.1) is 0 Å². The van der Waals surface area contributed by atoms with E-state index in [1.54, 1.807) is 54.7 Å². The maximum atomic E-state index is 12.9. The Morgan fingerprint density at radius 1 is 1.04 bits per heavy atom. The predicted octanol–water partition coefficient (Wildman–Crippen LogP) is 3.93. The quantitative estimate of drug-likeness (QED) is 0.635. The zero-order valence-corrected chi connectivity index (χ0v) is 15.1. The molecule has 1 aromatic heterocycles. The number of pyridine rings is 1. The van der Waals surface area contributed by atoms with Crippen LogP contribution < -0.4 is 10.6 Å². The number of carbonyl (C=O) groups is 2. The molecule has 142 valence electrons. The van der Waals surface area contributed by atoms with Gasteiger partial charge in [-0.2, -0.15) is 0 Å². The van der Waals surface area contributed by atoms with Crippen LogP contribution in [0.5, 0.6) is 0 Å². The number of rotatable bonds is 6. The van der Waals surface area contributed by atoms with Crippen molar-refractivity contribution in [2.75, 3.05) is 17.7 Å². The molecule has 0 aliphatic heterocycles. The fourth-order valence-corrected chi connectivity index (χ4v) is 2.55. The fraction of sp³-hybridized carbons (Fsp3) is 0.0952. The molecule has 0 atom stereocenters. The Labute approximate surface area is 161 Å². The summed E-state index contributed by atoms with van der Waals surface area (Å²) in [5, 5.41) is 5.79. The first-order chi connectivity index (χ1) is 13.5. The number of aromatic nitrogens is 1. The third-order valence-corrected chi connectivity index (χ3v) is 3.92. The van der Waals surface area contributed by atoms with E-state index < -0.39 is 5.97 Å². The normalized spacial score (nSPS) is 10.2. The smallest absolute Gasteiger partial charge is 0.339 e. The van der Waals surface area contributed by atoms with E-state index in [1.165, 1.54) is 19.2 Å². The molecular formula is C21H18FN3O3. The molecule has 6 nitrogen and oxygen atoms in total. The molecule has 3 rings (SSSR count). The van der Waals surface area contributed by atoms with Crippen molar-refractivity contribution in [3.05, 3.63) is 83.8 Å². The Bertz CT molecular complexity index is 973. The van der Waals surface area contributed by atoms with Gasteiger partial charge in [0.05, 0.1) is 36.7 Å². The molecule has 0 bridgehead atoms. The van der Waals surface area contributed by atoms with E-state index >= 15 is 0 Å². The van der Waals surface area contributed by atoms with Gasteiger partial charge in [0, 0.05) is 0 Å². The fourth-order valence-electron chi connectivity index (χ4n) is 2.55. The average molecular weight is 379 g/mol. The average Bonchev–Trinajstić information content (AvgIpc) is 2.71.